The van der Waals surface area contributed by atoms with E-state index in [4.69, 9.17) is 0 Å². The molecule has 1 aromatic rings. The summed E-state index contributed by atoms with van der Waals surface area (Å²) in [6.45, 7) is 8.80. The summed E-state index contributed by atoms with van der Waals surface area (Å²) in [5.74, 6) is 0. The number of hydrogen-bond acceptors (Lipinski definition) is 0. The fourth-order valence-electron chi connectivity index (χ4n) is 2.29. The van der Waals surface area contributed by atoms with Crippen LogP contribution in [-0.2, 0) is 0 Å². The van der Waals surface area contributed by atoms with Crippen LogP contribution in [0.1, 0.15) is 35.6 Å². The highest BCUT2D eigenvalue weighted by molar-refractivity contribution is 5.77. The van der Waals surface area contributed by atoms with Gasteiger partial charge in [0.1, 0.15) is 0 Å². The van der Waals surface area contributed by atoms with Gasteiger partial charge in [-0.25, -0.2) is 0 Å². The van der Waals surface area contributed by atoms with Gasteiger partial charge in [0.25, 0.3) is 0 Å². The zero-order chi connectivity index (χ0) is 11.0. The van der Waals surface area contributed by atoms with Gasteiger partial charge in [-0.05, 0) is 62.0 Å². The molecule has 1 aliphatic carbocycles. The molecule has 0 nitrogen and oxygen atoms in total. The second-order valence-electron chi connectivity index (χ2n) is 4.52. The first-order valence-corrected chi connectivity index (χ1v) is 5.54. The number of hydrogen-bond donors (Lipinski definition) is 0. The molecule has 0 amide bonds. The standard InChI is InChI=1S/C15H18/c1-10-8-12(3)13(4)15(9-10)14-7-5-6-11(14)2/h5-6,8-9H,7H2,1-4H3. The van der Waals surface area contributed by atoms with Crippen molar-refractivity contribution in [2.45, 2.75) is 34.1 Å². The maximum Gasteiger partial charge on any atom is -0.00856 e. The molecule has 0 atom stereocenters. The number of rotatable bonds is 1. The van der Waals surface area contributed by atoms with Gasteiger partial charge in [-0.3, -0.25) is 0 Å². The summed E-state index contributed by atoms with van der Waals surface area (Å²) < 4.78 is 0. The van der Waals surface area contributed by atoms with Crippen LogP contribution in [0.2, 0.25) is 0 Å². The Hall–Kier alpha value is -1.30. The molecule has 0 fully saturated rings. The van der Waals surface area contributed by atoms with Crippen LogP contribution in [-0.4, -0.2) is 0 Å². The van der Waals surface area contributed by atoms with Gasteiger partial charge in [0.05, 0.1) is 0 Å². The van der Waals surface area contributed by atoms with Gasteiger partial charge in [-0.1, -0.05) is 29.8 Å². The normalized spacial score (nSPS) is 15.2. The van der Waals surface area contributed by atoms with Crippen molar-refractivity contribution in [1.29, 1.82) is 0 Å². The predicted molar refractivity (Wildman–Crippen MR) is 67.0 cm³/mol. The fourth-order valence-corrected chi connectivity index (χ4v) is 2.29. The van der Waals surface area contributed by atoms with Crippen LogP contribution in [0, 0.1) is 20.8 Å². The SMILES string of the molecule is CC1=C(c2cc(C)cc(C)c2C)CC=C1. The van der Waals surface area contributed by atoms with E-state index in [0.717, 1.165) is 6.42 Å². The average Bonchev–Trinajstić information content (AvgIpc) is 2.58. The molecule has 0 spiro atoms. The van der Waals surface area contributed by atoms with Gasteiger partial charge in [-0.2, -0.15) is 0 Å². The molecule has 0 unspecified atom stereocenters. The molecule has 0 heterocycles. The van der Waals surface area contributed by atoms with E-state index in [1.54, 1.807) is 0 Å². The van der Waals surface area contributed by atoms with Crippen LogP contribution in [0.25, 0.3) is 5.57 Å². The van der Waals surface area contributed by atoms with E-state index in [0.29, 0.717) is 0 Å². The topological polar surface area (TPSA) is 0 Å². The Morgan fingerprint density at radius 2 is 1.73 bits per heavy atom. The Morgan fingerprint density at radius 1 is 1.00 bits per heavy atom. The smallest absolute Gasteiger partial charge is 0.00856 e. The Balaban J connectivity index is 2.59. The monoisotopic (exact) mass is 198 g/mol. The van der Waals surface area contributed by atoms with E-state index in [1.807, 2.05) is 0 Å². The van der Waals surface area contributed by atoms with Gasteiger partial charge >= 0.3 is 0 Å². The summed E-state index contributed by atoms with van der Waals surface area (Å²) in [7, 11) is 0. The minimum Gasteiger partial charge on any atom is -0.0798 e. The van der Waals surface area contributed by atoms with Crippen LogP contribution >= 0.6 is 0 Å². The van der Waals surface area contributed by atoms with Crippen molar-refractivity contribution in [3.05, 3.63) is 52.1 Å². The minimum atomic E-state index is 1.09. The number of aryl methyl sites for hydroxylation is 2. The Bertz CT molecular complexity index is 459. The minimum absolute atomic E-state index is 1.09. The van der Waals surface area contributed by atoms with E-state index in [1.165, 1.54) is 33.4 Å². The molecule has 2 rings (SSSR count). The van der Waals surface area contributed by atoms with Crippen LogP contribution in [0.15, 0.2) is 29.9 Å². The van der Waals surface area contributed by atoms with Crippen molar-refractivity contribution in [1.82, 2.24) is 0 Å². The zero-order valence-corrected chi connectivity index (χ0v) is 10.0. The molecule has 0 bridgehead atoms. The van der Waals surface area contributed by atoms with Gasteiger partial charge < -0.3 is 0 Å². The maximum absolute atomic E-state index is 2.31. The zero-order valence-electron chi connectivity index (χ0n) is 10.0. The third-order valence-corrected chi connectivity index (χ3v) is 3.30. The molecule has 0 saturated heterocycles. The third-order valence-electron chi connectivity index (χ3n) is 3.30. The lowest BCUT2D eigenvalue weighted by Crippen LogP contribution is -1.93. The number of allylic oxidation sites excluding steroid dienone is 4. The van der Waals surface area contributed by atoms with Crippen molar-refractivity contribution in [3.8, 4) is 0 Å². The molecule has 0 aliphatic heterocycles. The molecule has 15 heavy (non-hydrogen) atoms. The summed E-state index contributed by atoms with van der Waals surface area (Å²) in [4.78, 5) is 0. The van der Waals surface area contributed by atoms with Crippen molar-refractivity contribution < 1.29 is 0 Å². The van der Waals surface area contributed by atoms with E-state index in [2.05, 4.69) is 52.0 Å². The third kappa shape index (κ3) is 1.77. The first-order valence-electron chi connectivity index (χ1n) is 5.54. The van der Waals surface area contributed by atoms with E-state index >= 15 is 0 Å². The highest BCUT2D eigenvalue weighted by Crippen LogP contribution is 2.32. The second kappa shape index (κ2) is 3.69. The molecular formula is C15H18. The van der Waals surface area contributed by atoms with Gasteiger partial charge in [-0.15, -0.1) is 0 Å². The summed E-state index contributed by atoms with van der Waals surface area (Å²) in [5.41, 5.74) is 8.55. The molecule has 1 aliphatic rings. The second-order valence-corrected chi connectivity index (χ2v) is 4.52. The van der Waals surface area contributed by atoms with Crippen LogP contribution in [0.4, 0.5) is 0 Å². The fraction of sp³-hybridized carbons (Fsp3) is 0.333. The highest BCUT2D eigenvalue weighted by atomic mass is 14.2. The first-order chi connectivity index (χ1) is 7.09. The molecule has 0 aromatic heterocycles. The Morgan fingerprint density at radius 3 is 2.33 bits per heavy atom. The molecule has 0 saturated carbocycles. The van der Waals surface area contributed by atoms with Crippen LogP contribution < -0.4 is 0 Å². The lowest BCUT2D eigenvalue weighted by atomic mass is 9.92. The summed E-state index contributed by atoms with van der Waals surface area (Å²) in [6.07, 6.45) is 5.57. The van der Waals surface area contributed by atoms with Gasteiger partial charge in [0, 0.05) is 0 Å². The van der Waals surface area contributed by atoms with E-state index < -0.39 is 0 Å². The maximum atomic E-state index is 2.31. The molecular weight excluding hydrogens is 180 g/mol. The molecule has 0 N–H and O–H groups in total. The lowest BCUT2D eigenvalue weighted by Gasteiger charge is -2.12. The van der Waals surface area contributed by atoms with E-state index in [9.17, 15) is 0 Å². The van der Waals surface area contributed by atoms with Gasteiger partial charge in [0.15, 0.2) is 0 Å². The van der Waals surface area contributed by atoms with Crippen molar-refractivity contribution in [3.63, 3.8) is 0 Å². The molecule has 0 radical (unpaired) electrons. The molecule has 0 heteroatoms. The van der Waals surface area contributed by atoms with Crippen molar-refractivity contribution >= 4 is 5.57 Å². The van der Waals surface area contributed by atoms with Crippen molar-refractivity contribution in [2.24, 2.45) is 0 Å². The van der Waals surface area contributed by atoms with Crippen molar-refractivity contribution in [2.75, 3.05) is 0 Å². The predicted octanol–water partition coefficient (Wildman–Crippen LogP) is 4.35. The van der Waals surface area contributed by atoms with E-state index in [-0.39, 0.29) is 0 Å². The lowest BCUT2D eigenvalue weighted by molar-refractivity contribution is 1.25. The number of benzene rings is 1. The largest absolute Gasteiger partial charge is 0.0798 e. The van der Waals surface area contributed by atoms with Gasteiger partial charge in [0.2, 0.25) is 0 Å². The Kier molecular flexibility index (Phi) is 2.52. The Labute approximate surface area is 92.3 Å². The quantitative estimate of drug-likeness (QED) is 0.629. The first kappa shape index (κ1) is 10.2. The summed E-state index contributed by atoms with van der Waals surface area (Å²) in [6, 6.07) is 4.57. The van der Waals surface area contributed by atoms with Crippen LogP contribution in [0.3, 0.4) is 0 Å². The summed E-state index contributed by atoms with van der Waals surface area (Å²) >= 11 is 0. The average molecular weight is 198 g/mol. The van der Waals surface area contributed by atoms with Crippen LogP contribution in [0.5, 0.6) is 0 Å². The summed E-state index contributed by atoms with van der Waals surface area (Å²) in [5, 5.41) is 0. The highest BCUT2D eigenvalue weighted by Gasteiger charge is 2.11. The molecule has 1 aromatic carbocycles. The molecule has 78 valence electrons.